The first-order valence-corrected chi connectivity index (χ1v) is 8.29. The van der Waals surface area contributed by atoms with Crippen molar-refractivity contribution in [2.24, 2.45) is 0 Å². The van der Waals surface area contributed by atoms with Crippen LogP contribution < -0.4 is 4.90 Å². The third kappa shape index (κ3) is 4.45. The van der Waals surface area contributed by atoms with Crippen LogP contribution in [0.5, 0.6) is 0 Å². The monoisotopic (exact) mass is 338 g/mol. The molecule has 0 radical (unpaired) electrons. The lowest BCUT2D eigenvalue weighted by molar-refractivity contribution is -0.143. The van der Waals surface area contributed by atoms with E-state index in [9.17, 15) is 9.59 Å². The van der Waals surface area contributed by atoms with Crippen molar-refractivity contribution in [2.75, 3.05) is 31.7 Å². The van der Waals surface area contributed by atoms with Gasteiger partial charge in [-0.1, -0.05) is 37.4 Å². The fourth-order valence-electron chi connectivity index (χ4n) is 2.85. The van der Waals surface area contributed by atoms with Crippen LogP contribution in [0.3, 0.4) is 0 Å². The van der Waals surface area contributed by atoms with E-state index in [2.05, 4.69) is 6.92 Å². The number of halogens is 1. The van der Waals surface area contributed by atoms with Crippen molar-refractivity contribution < 1.29 is 14.3 Å². The second-order valence-electron chi connectivity index (χ2n) is 5.73. The summed E-state index contributed by atoms with van der Waals surface area (Å²) < 4.78 is 4.94. The Balaban J connectivity index is 2.19. The van der Waals surface area contributed by atoms with Crippen LogP contribution >= 0.6 is 11.6 Å². The molecular formula is C17H23ClN2O3. The molecule has 1 atom stereocenters. The molecule has 0 saturated carbocycles. The van der Waals surface area contributed by atoms with Crippen LogP contribution in [-0.4, -0.2) is 49.6 Å². The maximum atomic E-state index is 12.5. The highest BCUT2D eigenvalue weighted by Crippen LogP contribution is 2.25. The number of rotatable bonds is 6. The van der Waals surface area contributed by atoms with Gasteiger partial charge in [0.15, 0.2) is 0 Å². The summed E-state index contributed by atoms with van der Waals surface area (Å²) in [7, 11) is 1.49. The number of carbonyl (C=O) groups excluding carboxylic acids is 2. The zero-order chi connectivity index (χ0) is 16.8. The van der Waals surface area contributed by atoms with Gasteiger partial charge in [-0.2, -0.15) is 0 Å². The van der Waals surface area contributed by atoms with Gasteiger partial charge >= 0.3 is 0 Å². The molecule has 126 valence electrons. The van der Waals surface area contributed by atoms with Gasteiger partial charge in [0.2, 0.25) is 11.8 Å². The highest BCUT2D eigenvalue weighted by Gasteiger charge is 2.35. The van der Waals surface area contributed by atoms with E-state index in [0.717, 1.165) is 24.9 Å². The zero-order valence-corrected chi connectivity index (χ0v) is 14.4. The van der Waals surface area contributed by atoms with Gasteiger partial charge in [0, 0.05) is 24.4 Å². The fourth-order valence-corrected chi connectivity index (χ4v) is 3.03. The molecule has 23 heavy (non-hydrogen) atoms. The summed E-state index contributed by atoms with van der Waals surface area (Å²) in [6.07, 6.45) is 2.93. The van der Waals surface area contributed by atoms with Crippen molar-refractivity contribution in [1.82, 2.24) is 4.90 Å². The molecule has 1 saturated heterocycles. The van der Waals surface area contributed by atoms with Crippen molar-refractivity contribution in [1.29, 1.82) is 0 Å². The van der Waals surface area contributed by atoms with E-state index in [1.54, 1.807) is 21.9 Å². The van der Waals surface area contributed by atoms with E-state index in [4.69, 9.17) is 16.3 Å². The molecule has 1 heterocycles. The van der Waals surface area contributed by atoms with Crippen LogP contribution in [0.2, 0.25) is 5.02 Å². The smallest absolute Gasteiger partial charge is 0.249 e. The maximum Gasteiger partial charge on any atom is 0.249 e. The number of ether oxygens (including phenoxy) is 1. The SMILES string of the molecule is CCCC[C@@H]1CN(c2cccc(Cl)c2)C(=O)CN1C(=O)COC. The van der Waals surface area contributed by atoms with Crippen LogP contribution in [-0.2, 0) is 14.3 Å². The first kappa shape index (κ1) is 17.8. The average molecular weight is 339 g/mol. The highest BCUT2D eigenvalue weighted by atomic mass is 35.5. The molecule has 2 rings (SSSR count). The Labute approximate surface area is 142 Å². The molecule has 0 aromatic heterocycles. The first-order valence-electron chi connectivity index (χ1n) is 7.91. The minimum atomic E-state index is -0.132. The number of unbranched alkanes of at least 4 members (excludes halogenated alkanes) is 1. The Morgan fingerprint density at radius 1 is 1.43 bits per heavy atom. The molecule has 0 unspecified atom stereocenters. The van der Waals surface area contributed by atoms with Gasteiger partial charge in [-0.3, -0.25) is 9.59 Å². The van der Waals surface area contributed by atoms with E-state index >= 15 is 0 Å². The number of amides is 2. The van der Waals surface area contributed by atoms with E-state index in [1.807, 2.05) is 12.1 Å². The molecule has 2 amide bonds. The molecule has 1 aliphatic heterocycles. The summed E-state index contributed by atoms with van der Waals surface area (Å²) in [6.45, 7) is 2.70. The lowest BCUT2D eigenvalue weighted by Gasteiger charge is -2.41. The lowest BCUT2D eigenvalue weighted by Crippen LogP contribution is -2.58. The molecule has 0 aliphatic carbocycles. The average Bonchev–Trinajstić information content (AvgIpc) is 2.53. The number of piperazine rings is 1. The predicted molar refractivity (Wildman–Crippen MR) is 90.7 cm³/mol. The number of methoxy groups -OCH3 is 1. The van der Waals surface area contributed by atoms with Crippen molar-refractivity contribution in [3.05, 3.63) is 29.3 Å². The maximum absolute atomic E-state index is 12.5. The van der Waals surface area contributed by atoms with E-state index in [1.165, 1.54) is 7.11 Å². The minimum absolute atomic E-state index is 0.00701. The van der Waals surface area contributed by atoms with Gasteiger partial charge in [0.1, 0.15) is 13.2 Å². The third-order valence-corrected chi connectivity index (χ3v) is 4.27. The largest absolute Gasteiger partial charge is 0.375 e. The zero-order valence-electron chi connectivity index (χ0n) is 13.6. The van der Waals surface area contributed by atoms with Gasteiger partial charge < -0.3 is 14.5 Å². The predicted octanol–water partition coefficient (Wildman–Crippen LogP) is 2.72. The molecule has 0 N–H and O–H groups in total. The highest BCUT2D eigenvalue weighted by molar-refractivity contribution is 6.30. The van der Waals surface area contributed by atoms with Crippen LogP contribution in [0.15, 0.2) is 24.3 Å². The van der Waals surface area contributed by atoms with Gasteiger partial charge in [0.25, 0.3) is 0 Å². The molecule has 6 heteroatoms. The van der Waals surface area contributed by atoms with Crippen LogP contribution in [0.4, 0.5) is 5.69 Å². The van der Waals surface area contributed by atoms with Gasteiger partial charge in [-0.25, -0.2) is 0 Å². The Hall–Kier alpha value is -1.59. The van der Waals surface area contributed by atoms with Crippen molar-refractivity contribution in [3.8, 4) is 0 Å². The summed E-state index contributed by atoms with van der Waals surface area (Å²) in [5.74, 6) is -0.225. The molecule has 0 spiro atoms. The molecule has 1 aliphatic rings. The minimum Gasteiger partial charge on any atom is -0.375 e. The molecular weight excluding hydrogens is 316 g/mol. The van der Waals surface area contributed by atoms with Gasteiger partial charge in [-0.15, -0.1) is 0 Å². The summed E-state index contributed by atoms with van der Waals surface area (Å²) >= 11 is 6.03. The normalized spacial score (nSPS) is 18.4. The van der Waals surface area contributed by atoms with E-state index < -0.39 is 0 Å². The van der Waals surface area contributed by atoms with E-state index in [0.29, 0.717) is 11.6 Å². The molecule has 5 nitrogen and oxygen atoms in total. The number of hydrogen-bond donors (Lipinski definition) is 0. The quantitative estimate of drug-likeness (QED) is 0.801. The number of anilines is 1. The van der Waals surface area contributed by atoms with Crippen LogP contribution in [0.25, 0.3) is 0 Å². The van der Waals surface area contributed by atoms with Crippen LogP contribution in [0.1, 0.15) is 26.2 Å². The summed E-state index contributed by atoms with van der Waals surface area (Å²) in [4.78, 5) is 28.1. The summed E-state index contributed by atoms with van der Waals surface area (Å²) in [5, 5.41) is 0.596. The molecule has 1 fully saturated rings. The standard InChI is InChI=1S/C17H23ClN2O3/c1-3-4-7-15-10-19(14-8-5-6-13(18)9-14)16(21)11-20(15)17(22)12-23-2/h5-6,8-9,15H,3-4,7,10-12H2,1-2H3/t15-/m1/s1. The second-order valence-corrected chi connectivity index (χ2v) is 6.17. The first-order chi connectivity index (χ1) is 11.1. The Kier molecular flexibility index (Phi) is 6.42. The number of hydrogen-bond acceptors (Lipinski definition) is 3. The number of carbonyl (C=O) groups is 2. The van der Waals surface area contributed by atoms with Crippen LogP contribution in [0, 0.1) is 0 Å². The number of benzene rings is 1. The van der Waals surface area contributed by atoms with Gasteiger partial charge in [0.05, 0.1) is 6.04 Å². The molecule has 0 bridgehead atoms. The van der Waals surface area contributed by atoms with Crippen molar-refractivity contribution >= 4 is 29.1 Å². The second kappa shape index (κ2) is 8.31. The Bertz CT molecular complexity index is 565. The Morgan fingerprint density at radius 3 is 2.87 bits per heavy atom. The third-order valence-electron chi connectivity index (χ3n) is 4.04. The Morgan fingerprint density at radius 2 is 2.22 bits per heavy atom. The fraction of sp³-hybridized carbons (Fsp3) is 0.529. The summed E-state index contributed by atoms with van der Waals surface area (Å²) in [5.41, 5.74) is 0.780. The number of nitrogens with zero attached hydrogens (tertiary/aromatic N) is 2. The topological polar surface area (TPSA) is 49.9 Å². The molecule has 1 aromatic rings. The van der Waals surface area contributed by atoms with Crippen molar-refractivity contribution in [2.45, 2.75) is 32.2 Å². The molecule has 1 aromatic carbocycles. The lowest BCUT2D eigenvalue weighted by atomic mass is 10.0. The van der Waals surface area contributed by atoms with E-state index in [-0.39, 0.29) is 31.0 Å². The van der Waals surface area contributed by atoms with Gasteiger partial charge in [-0.05, 0) is 24.6 Å². The summed E-state index contributed by atoms with van der Waals surface area (Å²) in [6, 6.07) is 7.27. The van der Waals surface area contributed by atoms with Crippen molar-refractivity contribution in [3.63, 3.8) is 0 Å².